The molecule has 0 bridgehead atoms. The van der Waals surface area contributed by atoms with Gasteiger partial charge in [0, 0.05) is 24.5 Å². The Morgan fingerprint density at radius 3 is 2.29 bits per heavy atom. The van der Waals surface area contributed by atoms with Gasteiger partial charge >= 0.3 is 0 Å². The lowest BCUT2D eigenvalue weighted by Gasteiger charge is -2.21. The molecular weight excluding hydrogens is 357 g/mol. The van der Waals surface area contributed by atoms with Crippen molar-refractivity contribution in [3.63, 3.8) is 0 Å². The maximum absolute atomic E-state index is 13.7. The number of aromatic nitrogens is 2. The molecule has 1 aromatic heterocycles. The first kappa shape index (κ1) is 19.3. The Morgan fingerprint density at radius 2 is 1.68 bits per heavy atom. The van der Waals surface area contributed by atoms with Crippen LogP contribution in [0.4, 0.5) is 27.3 Å². The minimum absolute atomic E-state index is 0.173. The zero-order valence-electron chi connectivity index (χ0n) is 15.8. The van der Waals surface area contributed by atoms with E-state index in [2.05, 4.69) is 39.6 Å². The number of para-hydroxylation sites is 1. The van der Waals surface area contributed by atoms with Gasteiger partial charge in [-0.3, -0.25) is 4.79 Å². The number of carbonyl (C=O) groups excluding carboxylic acids is 1. The molecule has 3 aromatic rings. The first-order valence-corrected chi connectivity index (χ1v) is 9.12. The predicted octanol–water partition coefficient (Wildman–Crippen LogP) is 4.46. The normalized spacial score (nSPS) is 10.4. The van der Waals surface area contributed by atoms with Crippen LogP contribution in [-0.2, 0) is 0 Å². The van der Waals surface area contributed by atoms with Gasteiger partial charge in [0.1, 0.15) is 5.82 Å². The molecule has 0 aliphatic rings. The van der Waals surface area contributed by atoms with Gasteiger partial charge in [-0.15, -0.1) is 10.2 Å². The van der Waals surface area contributed by atoms with Crippen LogP contribution in [0.25, 0.3) is 0 Å². The van der Waals surface area contributed by atoms with Crippen LogP contribution in [0.2, 0.25) is 0 Å². The minimum Gasteiger partial charge on any atom is -0.372 e. The summed E-state index contributed by atoms with van der Waals surface area (Å²) in [5, 5.41) is 13.5. The fraction of sp³-hybridized carbons (Fsp3) is 0.190. The predicted molar refractivity (Wildman–Crippen MR) is 110 cm³/mol. The lowest BCUT2D eigenvalue weighted by molar-refractivity contribution is 0.102. The molecular formula is C21H22FN5O. The number of nitrogens with one attached hydrogen (secondary N) is 2. The third-order valence-electron chi connectivity index (χ3n) is 4.29. The van der Waals surface area contributed by atoms with Crippen LogP contribution >= 0.6 is 0 Å². The van der Waals surface area contributed by atoms with E-state index in [1.807, 2.05) is 24.3 Å². The molecule has 0 fully saturated rings. The molecule has 0 spiro atoms. The second-order valence-corrected chi connectivity index (χ2v) is 6.08. The monoisotopic (exact) mass is 379 g/mol. The number of rotatable bonds is 7. The van der Waals surface area contributed by atoms with Gasteiger partial charge in [0.05, 0.1) is 5.69 Å². The molecule has 0 aliphatic heterocycles. The summed E-state index contributed by atoms with van der Waals surface area (Å²) in [6.45, 7) is 6.04. The van der Waals surface area contributed by atoms with E-state index in [0.717, 1.165) is 18.8 Å². The Balaban J connectivity index is 1.64. The van der Waals surface area contributed by atoms with Crippen molar-refractivity contribution in [3.05, 3.63) is 72.2 Å². The van der Waals surface area contributed by atoms with Crippen LogP contribution in [0.3, 0.4) is 0 Å². The van der Waals surface area contributed by atoms with E-state index in [1.54, 1.807) is 24.3 Å². The molecule has 7 heteroatoms. The molecule has 1 heterocycles. The summed E-state index contributed by atoms with van der Waals surface area (Å²) in [6, 6.07) is 17.0. The third kappa shape index (κ3) is 4.62. The summed E-state index contributed by atoms with van der Waals surface area (Å²) in [5.41, 5.74) is 2.25. The summed E-state index contributed by atoms with van der Waals surface area (Å²) >= 11 is 0. The van der Waals surface area contributed by atoms with Gasteiger partial charge < -0.3 is 15.5 Å². The van der Waals surface area contributed by atoms with Crippen LogP contribution in [0.5, 0.6) is 0 Å². The number of hydrogen-bond donors (Lipinski definition) is 2. The Kier molecular flexibility index (Phi) is 6.16. The summed E-state index contributed by atoms with van der Waals surface area (Å²) in [5.74, 6) is -0.398. The van der Waals surface area contributed by atoms with Crippen LogP contribution in [0.1, 0.15) is 24.3 Å². The van der Waals surface area contributed by atoms with E-state index < -0.39 is 0 Å². The third-order valence-corrected chi connectivity index (χ3v) is 4.29. The molecule has 6 nitrogen and oxygen atoms in total. The fourth-order valence-corrected chi connectivity index (χ4v) is 2.76. The van der Waals surface area contributed by atoms with Crippen molar-refractivity contribution in [3.8, 4) is 0 Å². The van der Waals surface area contributed by atoms with Crippen LogP contribution in [0.15, 0.2) is 60.7 Å². The molecule has 1 amide bonds. The van der Waals surface area contributed by atoms with Crippen molar-refractivity contribution in [2.45, 2.75) is 13.8 Å². The van der Waals surface area contributed by atoms with Crippen molar-refractivity contribution < 1.29 is 9.18 Å². The van der Waals surface area contributed by atoms with Gasteiger partial charge in [-0.2, -0.15) is 0 Å². The van der Waals surface area contributed by atoms with Gasteiger partial charge in [0.25, 0.3) is 5.91 Å². The van der Waals surface area contributed by atoms with E-state index >= 15 is 0 Å². The highest BCUT2D eigenvalue weighted by Crippen LogP contribution is 2.19. The first-order valence-electron chi connectivity index (χ1n) is 9.12. The highest BCUT2D eigenvalue weighted by Gasteiger charge is 2.10. The number of amides is 1. The molecule has 28 heavy (non-hydrogen) atoms. The maximum Gasteiger partial charge on any atom is 0.276 e. The summed E-state index contributed by atoms with van der Waals surface area (Å²) in [4.78, 5) is 14.6. The average Bonchev–Trinajstić information content (AvgIpc) is 2.72. The van der Waals surface area contributed by atoms with Crippen LogP contribution < -0.4 is 15.5 Å². The van der Waals surface area contributed by atoms with E-state index in [0.29, 0.717) is 17.2 Å². The van der Waals surface area contributed by atoms with E-state index in [4.69, 9.17) is 0 Å². The highest BCUT2D eigenvalue weighted by atomic mass is 19.1. The number of benzene rings is 2. The number of carbonyl (C=O) groups is 1. The molecule has 0 radical (unpaired) electrons. The zero-order valence-corrected chi connectivity index (χ0v) is 15.8. The second-order valence-electron chi connectivity index (χ2n) is 6.08. The lowest BCUT2D eigenvalue weighted by Crippen LogP contribution is -2.21. The summed E-state index contributed by atoms with van der Waals surface area (Å²) in [7, 11) is 0. The smallest absolute Gasteiger partial charge is 0.276 e. The van der Waals surface area contributed by atoms with Crippen LogP contribution in [-0.4, -0.2) is 29.2 Å². The molecule has 0 aliphatic carbocycles. The topological polar surface area (TPSA) is 70.2 Å². The Labute approximate surface area is 163 Å². The first-order chi connectivity index (χ1) is 13.6. The molecule has 0 saturated carbocycles. The Hall–Kier alpha value is -3.48. The maximum atomic E-state index is 13.7. The van der Waals surface area contributed by atoms with Gasteiger partial charge in [-0.1, -0.05) is 12.1 Å². The minimum atomic E-state index is -0.390. The molecule has 3 rings (SSSR count). The van der Waals surface area contributed by atoms with Gasteiger partial charge in [-0.05, 0) is 62.4 Å². The fourth-order valence-electron chi connectivity index (χ4n) is 2.76. The molecule has 2 N–H and O–H groups in total. The number of nitrogens with zero attached hydrogens (tertiary/aromatic N) is 3. The van der Waals surface area contributed by atoms with E-state index in [1.165, 1.54) is 12.1 Å². The van der Waals surface area contributed by atoms with Gasteiger partial charge in [-0.25, -0.2) is 4.39 Å². The molecule has 144 valence electrons. The van der Waals surface area contributed by atoms with Crippen molar-refractivity contribution >= 4 is 28.8 Å². The second kappa shape index (κ2) is 8.94. The Morgan fingerprint density at radius 1 is 0.964 bits per heavy atom. The quantitative estimate of drug-likeness (QED) is 0.634. The number of anilines is 4. The largest absolute Gasteiger partial charge is 0.372 e. The Bertz CT molecular complexity index is 924. The molecule has 0 saturated heterocycles. The van der Waals surface area contributed by atoms with Crippen LogP contribution in [0, 0.1) is 5.82 Å². The molecule has 0 unspecified atom stereocenters. The number of halogens is 1. The molecule has 0 atom stereocenters. The van der Waals surface area contributed by atoms with Crippen molar-refractivity contribution in [2.75, 3.05) is 28.6 Å². The summed E-state index contributed by atoms with van der Waals surface area (Å²) in [6.07, 6.45) is 0. The van der Waals surface area contributed by atoms with Crippen molar-refractivity contribution in [1.82, 2.24) is 10.2 Å². The number of hydrogen-bond acceptors (Lipinski definition) is 5. The van der Waals surface area contributed by atoms with E-state index in [9.17, 15) is 9.18 Å². The SMILES string of the molecule is CCN(CC)c1ccc(NC(=O)c2ccc(Nc3ccccc3F)nn2)cc1. The average molecular weight is 379 g/mol. The zero-order chi connectivity index (χ0) is 19.9. The van der Waals surface area contributed by atoms with Gasteiger partial charge in [0.15, 0.2) is 11.5 Å². The van der Waals surface area contributed by atoms with Crippen molar-refractivity contribution in [2.24, 2.45) is 0 Å². The van der Waals surface area contributed by atoms with E-state index in [-0.39, 0.29) is 17.4 Å². The lowest BCUT2D eigenvalue weighted by atomic mass is 10.2. The van der Waals surface area contributed by atoms with Gasteiger partial charge in [0.2, 0.25) is 0 Å². The molecule has 2 aromatic carbocycles. The standard InChI is InChI=1S/C21H22FN5O/c1-3-27(4-2)16-11-9-15(10-12-16)23-21(28)19-13-14-20(26-25-19)24-18-8-6-5-7-17(18)22/h5-14H,3-4H2,1-2H3,(H,23,28)(H,24,26). The summed E-state index contributed by atoms with van der Waals surface area (Å²) < 4.78 is 13.7. The highest BCUT2D eigenvalue weighted by molar-refractivity contribution is 6.02. The van der Waals surface area contributed by atoms with Crippen molar-refractivity contribution in [1.29, 1.82) is 0 Å².